The Morgan fingerprint density at radius 1 is 0.921 bits per heavy atom. The van der Waals surface area contributed by atoms with Crippen molar-refractivity contribution in [2.45, 2.75) is 104 Å². The Balaban J connectivity index is 1.94. The quantitative estimate of drug-likeness (QED) is 0.232. The Morgan fingerprint density at radius 3 is 2.11 bits per heavy atom. The number of hydrogen-bond acceptors (Lipinski definition) is 7. The molecule has 1 aliphatic rings. The van der Waals surface area contributed by atoms with Crippen molar-refractivity contribution in [3.05, 3.63) is 57.7 Å². The number of rotatable bonds is 13. The summed E-state index contributed by atoms with van der Waals surface area (Å²) in [5.41, 5.74) is 5.67. The third-order valence-electron chi connectivity index (χ3n) is 7.06. The number of benzene rings is 1. The summed E-state index contributed by atoms with van der Waals surface area (Å²) in [6.45, 7) is 9.60. The van der Waals surface area contributed by atoms with Gasteiger partial charge in [-0.05, 0) is 90.3 Å². The Morgan fingerprint density at radius 2 is 1.50 bits per heavy atom. The number of aliphatic hydroxyl groups excluding tert-OH is 3. The molecule has 0 bridgehead atoms. The van der Waals surface area contributed by atoms with Gasteiger partial charge in [0.15, 0.2) is 0 Å². The normalized spacial score (nSPS) is 23.0. The van der Waals surface area contributed by atoms with Gasteiger partial charge in [-0.15, -0.1) is 0 Å². The molecule has 0 spiro atoms. The standard InChI is InChI=1S/C30H44O8/c1-18(9-7-11-20(3)13-15-26(32)33)8-6-10-19(2)12-14-23-16-25(21(4)22(5)27(23)34)38-30-29(36)28(35)24(31)17-37-30/h8,11-12,16,24,28-31,34-36H,6-7,9-10,13-15,17H2,1-5H3,(H,32,33)/b18-8+,19-12-,20-11+/t24-,28-,29+,30+/m1/s1. The van der Waals surface area contributed by atoms with Gasteiger partial charge in [-0.1, -0.05) is 34.9 Å². The lowest BCUT2D eigenvalue weighted by atomic mass is 9.99. The second-order valence-corrected chi connectivity index (χ2v) is 10.3. The van der Waals surface area contributed by atoms with Crippen LogP contribution < -0.4 is 4.74 Å². The number of carbonyl (C=O) groups is 1. The fourth-order valence-corrected chi connectivity index (χ4v) is 4.21. The van der Waals surface area contributed by atoms with E-state index in [-0.39, 0.29) is 18.8 Å². The molecule has 1 aliphatic heterocycles. The summed E-state index contributed by atoms with van der Waals surface area (Å²) in [5, 5.41) is 49.3. The Labute approximate surface area is 225 Å². The summed E-state index contributed by atoms with van der Waals surface area (Å²) in [7, 11) is 0. The second kappa shape index (κ2) is 15.1. The molecule has 4 atom stereocenters. The number of carboxylic acids is 1. The van der Waals surface area contributed by atoms with E-state index >= 15 is 0 Å². The molecule has 8 heteroatoms. The molecule has 0 unspecified atom stereocenters. The van der Waals surface area contributed by atoms with Crippen molar-refractivity contribution < 1.29 is 39.8 Å². The monoisotopic (exact) mass is 532 g/mol. The lowest BCUT2D eigenvalue weighted by molar-refractivity contribution is -0.242. The number of hydrogen-bond donors (Lipinski definition) is 5. The molecule has 0 radical (unpaired) electrons. The zero-order chi connectivity index (χ0) is 28.4. The number of carboxylic acid groups (broad SMARTS) is 1. The van der Waals surface area contributed by atoms with Gasteiger partial charge in [0.25, 0.3) is 0 Å². The molecule has 1 aromatic rings. The molecule has 1 aromatic carbocycles. The minimum Gasteiger partial charge on any atom is -0.507 e. The molecule has 0 aliphatic carbocycles. The van der Waals surface area contributed by atoms with Crippen LogP contribution in [0, 0.1) is 13.8 Å². The van der Waals surface area contributed by atoms with Gasteiger partial charge in [-0.3, -0.25) is 4.79 Å². The molecule has 0 saturated carbocycles. The smallest absolute Gasteiger partial charge is 0.303 e. The largest absolute Gasteiger partial charge is 0.507 e. The van der Waals surface area contributed by atoms with Crippen LogP contribution in [0.4, 0.5) is 0 Å². The van der Waals surface area contributed by atoms with Crippen molar-refractivity contribution >= 4 is 5.97 Å². The van der Waals surface area contributed by atoms with E-state index in [1.165, 1.54) is 11.1 Å². The molecule has 0 aromatic heterocycles. The van der Waals surface area contributed by atoms with E-state index in [0.29, 0.717) is 35.3 Å². The van der Waals surface area contributed by atoms with Crippen molar-refractivity contribution in [2.75, 3.05) is 6.61 Å². The zero-order valence-corrected chi connectivity index (χ0v) is 23.2. The number of ether oxygens (including phenoxy) is 2. The number of phenolic OH excluding ortho intramolecular Hbond substituents is 1. The van der Waals surface area contributed by atoms with Crippen molar-refractivity contribution in [1.82, 2.24) is 0 Å². The summed E-state index contributed by atoms with van der Waals surface area (Å²) < 4.78 is 11.2. The van der Waals surface area contributed by atoms with Gasteiger partial charge in [0.1, 0.15) is 29.8 Å². The third kappa shape index (κ3) is 9.58. The lowest BCUT2D eigenvalue weighted by Gasteiger charge is -2.35. The van der Waals surface area contributed by atoms with Crippen LogP contribution in [0.3, 0.4) is 0 Å². The zero-order valence-electron chi connectivity index (χ0n) is 23.2. The number of phenols is 1. The highest BCUT2D eigenvalue weighted by Crippen LogP contribution is 2.35. The second-order valence-electron chi connectivity index (χ2n) is 10.3. The van der Waals surface area contributed by atoms with Crippen LogP contribution in [0.2, 0.25) is 0 Å². The highest BCUT2D eigenvalue weighted by molar-refractivity contribution is 5.67. The van der Waals surface area contributed by atoms with Gasteiger partial charge in [-0.25, -0.2) is 0 Å². The van der Waals surface area contributed by atoms with Gasteiger partial charge >= 0.3 is 5.97 Å². The highest BCUT2D eigenvalue weighted by Gasteiger charge is 2.39. The topological polar surface area (TPSA) is 137 Å². The minimum absolute atomic E-state index is 0.148. The molecule has 8 nitrogen and oxygen atoms in total. The van der Waals surface area contributed by atoms with E-state index in [9.17, 15) is 25.2 Å². The fraction of sp³-hybridized carbons (Fsp3) is 0.567. The number of aliphatic carboxylic acids is 1. The van der Waals surface area contributed by atoms with E-state index < -0.39 is 30.6 Å². The first-order chi connectivity index (χ1) is 17.9. The van der Waals surface area contributed by atoms with Gasteiger partial charge in [0.05, 0.1) is 6.61 Å². The van der Waals surface area contributed by atoms with E-state index in [2.05, 4.69) is 32.1 Å². The van der Waals surface area contributed by atoms with Crippen LogP contribution in [0.5, 0.6) is 11.5 Å². The summed E-state index contributed by atoms with van der Waals surface area (Å²) in [4.78, 5) is 10.7. The van der Waals surface area contributed by atoms with Gasteiger partial charge in [0, 0.05) is 12.0 Å². The maximum atomic E-state index is 10.7. The average molecular weight is 533 g/mol. The molecule has 2 rings (SSSR count). The number of aliphatic hydroxyl groups is 3. The maximum absolute atomic E-state index is 10.7. The molecule has 212 valence electrons. The van der Waals surface area contributed by atoms with Gasteiger partial charge in [0.2, 0.25) is 6.29 Å². The van der Waals surface area contributed by atoms with Gasteiger partial charge in [-0.2, -0.15) is 0 Å². The summed E-state index contributed by atoms with van der Waals surface area (Å²) >= 11 is 0. The van der Waals surface area contributed by atoms with E-state index in [1.807, 2.05) is 6.92 Å². The first-order valence-corrected chi connectivity index (χ1v) is 13.2. The number of allylic oxidation sites excluding steroid dienone is 6. The number of aromatic hydroxyl groups is 1. The highest BCUT2D eigenvalue weighted by atomic mass is 16.7. The van der Waals surface area contributed by atoms with Crippen molar-refractivity contribution in [3.8, 4) is 11.5 Å². The molecular formula is C30H44O8. The first-order valence-electron chi connectivity index (χ1n) is 13.2. The van der Waals surface area contributed by atoms with E-state index in [1.54, 1.807) is 19.9 Å². The molecule has 38 heavy (non-hydrogen) atoms. The molecule has 1 fully saturated rings. The van der Waals surface area contributed by atoms with Crippen molar-refractivity contribution in [2.24, 2.45) is 0 Å². The fourth-order valence-electron chi connectivity index (χ4n) is 4.21. The Hall–Kier alpha value is -2.65. The van der Waals surface area contributed by atoms with Crippen molar-refractivity contribution in [3.63, 3.8) is 0 Å². The molecular weight excluding hydrogens is 488 g/mol. The third-order valence-corrected chi connectivity index (χ3v) is 7.06. The van der Waals surface area contributed by atoms with Crippen LogP contribution in [0.1, 0.15) is 76.0 Å². The van der Waals surface area contributed by atoms with Crippen molar-refractivity contribution in [1.29, 1.82) is 0 Å². The maximum Gasteiger partial charge on any atom is 0.303 e. The van der Waals surface area contributed by atoms with E-state index in [4.69, 9.17) is 14.6 Å². The SMILES string of the molecule is C/C(=C/Cc1cc(O[C@@H]2OC[C@@H](O)[C@@H](O)[C@@H]2O)c(C)c(C)c1O)CC/C=C(\C)CC/C=C(\C)CCC(=O)O. The minimum atomic E-state index is -1.40. The first kappa shape index (κ1) is 31.6. The van der Waals surface area contributed by atoms with E-state index in [0.717, 1.165) is 31.3 Å². The summed E-state index contributed by atoms with van der Waals surface area (Å²) in [6.07, 6.45) is 6.30. The predicted octanol–water partition coefficient (Wildman–Crippen LogP) is 4.63. The molecule has 1 saturated heterocycles. The van der Waals surface area contributed by atoms with Crippen LogP contribution >= 0.6 is 0 Å². The Bertz CT molecular complexity index is 1040. The summed E-state index contributed by atoms with van der Waals surface area (Å²) in [6, 6.07) is 1.73. The molecule has 1 heterocycles. The lowest BCUT2D eigenvalue weighted by Crippen LogP contribution is -2.54. The Kier molecular flexibility index (Phi) is 12.5. The van der Waals surface area contributed by atoms with Crippen LogP contribution in [-0.2, 0) is 16.0 Å². The average Bonchev–Trinajstić information content (AvgIpc) is 2.87. The van der Waals surface area contributed by atoms with Crippen LogP contribution in [0.25, 0.3) is 0 Å². The van der Waals surface area contributed by atoms with Gasteiger partial charge < -0.3 is 35.0 Å². The molecule has 5 N–H and O–H groups in total. The summed E-state index contributed by atoms with van der Waals surface area (Å²) in [5.74, 6) is -0.128. The van der Waals surface area contributed by atoms with Crippen LogP contribution in [0.15, 0.2) is 41.0 Å². The predicted molar refractivity (Wildman–Crippen MR) is 146 cm³/mol. The molecule has 0 amide bonds. The van der Waals surface area contributed by atoms with Crippen LogP contribution in [-0.4, -0.2) is 62.7 Å².